The Labute approximate surface area is 178 Å². The van der Waals surface area contributed by atoms with Crippen LogP contribution in [0.25, 0.3) is 0 Å². The third-order valence-corrected chi connectivity index (χ3v) is 5.35. The lowest BCUT2D eigenvalue weighted by atomic mass is 10.0. The van der Waals surface area contributed by atoms with Crippen LogP contribution < -0.4 is 14.8 Å². The van der Waals surface area contributed by atoms with Gasteiger partial charge in [0.05, 0.1) is 11.1 Å². The molecule has 2 aliphatic heterocycles. The van der Waals surface area contributed by atoms with Crippen LogP contribution in [0.4, 0.5) is 5.69 Å². The summed E-state index contributed by atoms with van der Waals surface area (Å²) in [7, 11) is 0. The molecule has 0 unspecified atom stereocenters. The first-order valence-electron chi connectivity index (χ1n) is 9.83. The summed E-state index contributed by atoms with van der Waals surface area (Å²) in [6.45, 7) is 0.123. The van der Waals surface area contributed by atoms with E-state index in [1.165, 1.54) is 0 Å². The maximum absolute atomic E-state index is 13.3. The van der Waals surface area contributed by atoms with Gasteiger partial charge in [0, 0.05) is 18.2 Å². The van der Waals surface area contributed by atoms with Crippen LogP contribution in [0.2, 0.25) is 0 Å². The standard InChI is InChI=1S/C24H18N2O5/c27-22(25-16-10-11-20-21(13-16)31-14-30-20)19(12-15-6-2-1-3-7-15)26-23(28)17-8-4-5-9-18(17)24(26)29/h1-11,13,19H,12,14H2,(H,25,27)/t19-/m1/s1. The molecule has 1 N–H and O–H groups in total. The SMILES string of the molecule is O=C(Nc1ccc2c(c1)OCO2)[C@@H](Cc1ccccc1)N1C(=O)c2ccccc2C1=O. The van der Waals surface area contributed by atoms with Gasteiger partial charge in [0.1, 0.15) is 6.04 Å². The molecule has 31 heavy (non-hydrogen) atoms. The van der Waals surface area contributed by atoms with Gasteiger partial charge in [0.2, 0.25) is 12.7 Å². The van der Waals surface area contributed by atoms with Crippen LogP contribution in [-0.4, -0.2) is 35.5 Å². The molecule has 2 aliphatic rings. The van der Waals surface area contributed by atoms with Crippen molar-refractivity contribution < 1.29 is 23.9 Å². The highest BCUT2D eigenvalue weighted by Gasteiger charge is 2.42. The van der Waals surface area contributed by atoms with E-state index in [4.69, 9.17) is 9.47 Å². The summed E-state index contributed by atoms with van der Waals surface area (Å²) in [5.74, 6) is -0.278. The fourth-order valence-corrected chi connectivity index (χ4v) is 3.83. The molecule has 154 valence electrons. The van der Waals surface area contributed by atoms with Crippen LogP contribution in [0.5, 0.6) is 11.5 Å². The van der Waals surface area contributed by atoms with Gasteiger partial charge >= 0.3 is 0 Å². The molecule has 3 aromatic carbocycles. The first-order chi connectivity index (χ1) is 15.1. The summed E-state index contributed by atoms with van der Waals surface area (Å²) in [6, 6.07) is 19.9. The zero-order chi connectivity index (χ0) is 21.4. The Morgan fingerprint density at radius 2 is 1.52 bits per heavy atom. The van der Waals surface area contributed by atoms with Gasteiger partial charge in [0.15, 0.2) is 11.5 Å². The first kappa shape index (κ1) is 18.9. The highest BCUT2D eigenvalue weighted by molar-refractivity contribution is 6.23. The number of imide groups is 1. The molecular formula is C24H18N2O5. The van der Waals surface area contributed by atoms with Gasteiger partial charge in [-0.15, -0.1) is 0 Å². The molecule has 0 spiro atoms. The fraction of sp³-hybridized carbons (Fsp3) is 0.125. The van der Waals surface area contributed by atoms with Crippen molar-refractivity contribution >= 4 is 23.4 Å². The highest BCUT2D eigenvalue weighted by Crippen LogP contribution is 2.34. The number of nitrogens with zero attached hydrogens (tertiary/aromatic N) is 1. The topological polar surface area (TPSA) is 84.9 Å². The number of nitrogens with one attached hydrogen (secondary N) is 1. The highest BCUT2D eigenvalue weighted by atomic mass is 16.7. The fourth-order valence-electron chi connectivity index (χ4n) is 3.83. The van der Waals surface area contributed by atoms with E-state index < -0.39 is 23.8 Å². The molecule has 1 atom stereocenters. The number of amides is 3. The van der Waals surface area contributed by atoms with Gasteiger partial charge in [0.25, 0.3) is 11.8 Å². The average molecular weight is 414 g/mol. The molecule has 2 heterocycles. The number of hydrogen-bond acceptors (Lipinski definition) is 5. The van der Waals surface area contributed by atoms with Crippen molar-refractivity contribution in [2.75, 3.05) is 12.1 Å². The summed E-state index contributed by atoms with van der Waals surface area (Å²) >= 11 is 0. The van der Waals surface area contributed by atoms with Gasteiger partial charge in [-0.2, -0.15) is 0 Å². The lowest BCUT2D eigenvalue weighted by Crippen LogP contribution is -2.48. The summed E-state index contributed by atoms with van der Waals surface area (Å²) in [6.07, 6.45) is 0.197. The largest absolute Gasteiger partial charge is 0.454 e. The van der Waals surface area contributed by atoms with E-state index in [0.717, 1.165) is 10.5 Å². The smallest absolute Gasteiger partial charge is 0.262 e. The van der Waals surface area contributed by atoms with Crippen LogP contribution in [0.3, 0.4) is 0 Å². The Morgan fingerprint density at radius 1 is 0.871 bits per heavy atom. The number of hydrogen-bond donors (Lipinski definition) is 1. The summed E-state index contributed by atoms with van der Waals surface area (Å²) in [4.78, 5) is 40.4. The van der Waals surface area contributed by atoms with E-state index in [2.05, 4.69) is 5.32 Å². The van der Waals surface area contributed by atoms with Crippen LogP contribution in [0, 0.1) is 0 Å². The Bertz CT molecular complexity index is 1160. The number of rotatable bonds is 5. The van der Waals surface area contributed by atoms with Crippen molar-refractivity contribution in [2.24, 2.45) is 0 Å². The van der Waals surface area contributed by atoms with E-state index >= 15 is 0 Å². The molecule has 7 nitrogen and oxygen atoms in total. The molecule has 0 saturated carbocycles. The number of benzene rings is 3. The maximum atomic E-state index is 13.3. The second-order valence-electron chi connectivity index (χ2n) is 7.29. The molecule has 0 bridgehead atoms. The van der Waals surface area contributed by atoms with Crippen molar-refractivity contribution in [3.63, 3.8) is 0 Å². The Kier molecular flexibility index (Phi) is 4.63. The lowest BCUT2D eigenvalue weighted by Gasteiger charge is -2.25. The maximum Gasteiger partial charge on any atom is 0.262 e. The molecule has 3 amide bonds. The first-order valence-corrected chi connectivity index (χ1v) is 9.83. The number of ether oxygens (including phenoxy) is 2. The van der Waals surface area contributed by atoms with Crippen molar-refractivity contribution in [2.45, 2.75) is 12.5 Å². The third-order valence-electron chi connectivity index (χ3n) is 5.35. The monoisotopic (exact) mass is 414 g/mol. The van der Waals surface area contributed by atoms with E-state index in [1.54, 1.807) is 42.5 Å². The molecule has 7 heteroatoms. The van der Waals surface area contributed by atoms with Gasteiger partial charge in [-0.25, -0.2) is 0 Å². The quantitative estimate of drug-likeness (QED) is 0.648. The molecular weight excluding hydrogens is 396 g/mol. The van der Waals surface area contributed by atoms with Crippen molar-refractivity contribution in [3.8, 4) is 11.5 Å². The van der Waals surface area contributed by atoms with Gasteiger partial charge < -0.3 is 14.8 Å². The number of carbonyl (C=O) groups excluding carboxylic acids is 3. The summed E-state index contributed by atoms with van der Waals surface area (Å²) in [5, 5.41) is 2.82. The minimum Gasteiger partial charge on any atom is -0.454 e. The predicted octanol–water partition coefficient (Wildman–Crippen LogP) is 3.26. The molecule has 5 rings (SSSR count). The zero-order valence-electron chi connectivity index (χ0n) is 16.4. The van der Waals surface area contributed by atoms with Crippen LogP contribution in [0.1, 0.15) is 26.3 Å². The van der Waals surface area contributed by atoms with Crippen molar-refractivity contribution in [3.05, 3.63) is 89.5 Å². The van der Waals surface area contributed by atoms with E-state index in [1.807, 2.05) is 30.3 Å². The number of fused-ring (bicyclic) bond motifs is 2. The minimum atomic E-state index is -1.01. The minimum absolute atomic E-state index is 0.123. The van der Waals surface area contributed by atoms with Gasteiger partial charge in [-0.3, -0.25) is 19.3 Å². The van der Waals surface area contributed by atoms with Crippen molar-refractivity contribution in [1.29, 1.82) is 0 Å². The molecule has 0 fully saturated rings. The normalized spacial score (nSPS) is 15.0. The molecule has 3 aromatic rings. The zero-order valence-corrected chi connectivity index (χ0v) is 16.4. The number of anilines is 1. The molecule has 0 aromatic heterocycles. The second kappa shape index (κ2) is 7.60. The van der Waals surface area contributed by atoms with Crippen LogP contribution in [0.15, 0.2) is 72.8 Å². The van der Waals surface area contributed by atoms with Crippen molar-refractivity contribution in [1.82, 2.24) is 4.90 Å². The average Bonchev–Trinajstić information content (AvgIpc) is 3.36. The Hall–Kier alpha value is -4.13. The van der Waals surface area contributed by atoms with Gasteiger partial charge in [-0.05, 0) is 29.8 Å². The molecule has 0 radical (unpaired) electrons. The van der Waals surface area contributed by atoms with E-state index in [9.17, 15) is 14.4 Å². The third kappa shape index (κ3) is 3.40. The van der Waals surface area contributed by atoms with E-state index in [0.29, 0.717) is 28.3 Å². The Morgan fingerprint density at radius 3 is 2.23 bits per heavy atom. The molecule has 0 saturated heterocycles. The van der Waals surface area contributed by atoms with Crippen LogP contribution >= 0.6 is 0 Å². The van der Waals surface area contributed by atoms with Gasteiger partial charge in [-0.1, -0.05) is 42.5 Å². The predicted molar refractivity (Wildman–Crippen MR) is 112 cm³/mol. The lowest BCUT2D eigenvalue weighted by molar-refractivity contribution is -0.119. The second-order valence-corrected chi connectivity index (χ2v) is 7.29. The molecule has 0 aliphatic carbocycles. The van der Waals surface area contributed by atoms with Crippen LogP contribution in [-0.2, 0) is 11.2 Å². The van der Waals surface area contributed by atoms with E-state index in [-0.39, 0.29) is 13.2 Å². The number of carbonyl (C=O) groups is 3. The Balaban J connectivity index is 1.47. The summed E-state index contributed by atoms with van der Waals surface area (Å²) in [5.41, 5.74) is 1.94. The summed E-state index contributed by atoms with van der Waals surface area (Å²) < 4.78 is 10.7.